The Morgan fingerprint density at radius 2 is 2.12 bits per heavy atom. The smallest absolute Gasteiger partial charge is 0.337 e. The van der Waals surface area contributed by atoms with E-state index >= 15 is 0 Å². The summed E-state index contributed by atoms with van der Waals surface area (Å²) in [5.41, 5.74) is 0.0924. The molecule has 1 aromatic heterocycles. The second-order valence-electron chi connectivity index (χ2n) is 5.06. The van der Waals surface area contributed by atoms with Gasteiger partial charge in [-0.15, -0.1) is 0 Å². The standard InChI is InChI=1S/C12H17ClN2O2/c1-7(12(2,3)4)15-10-9(13)8(11(16)17)5-6-14-10/h5-7H,1-4H3,(H,14,15)(H,16,17). The molecule has 0 aliphatic rings. The zero-order chi connectivity index (χ0) is 13.2. The van der Waals surface area contributed by atoms with Crippen LogP contribution in [-0.4, -0.2) is 22.1 Å². The van der Waals surface area contributed by atoms with Crippen molar-refractivity contribution in [2.75, 3.05) is 5.32 Å². The average Bonchev–Trinajstić information content (AvgIpc) is 2.19. The van der Waals surface area contributed by atoms with Gasteiger partial charge in [-0.1, -0.05) is 32.4 Å². The monoisotopic (exact) mass is 256 g/mol. The van der Waals surface area contributed by atoms with Gasteiger partial charge in [-0.3, -0.25) is 0 Å². The van der Waals surface area contributed by atoms with Crippen LogP contribution in [0.1, 0.15) is 38.1 Å². The van der Waals surface area contributed by atoms with Crippen LogP contribution in [-0.2, 0) is 0 Å². The molecule has 94 valence electrons. The molecule has 2 N–H and O–H groups in total. The molecule has 1 aromatic rings. The van der Waals surface area contributed by atoms with Crippen molar-refractivity contribution in [2.24, 2.45) is 5.41 Å². The van der Waals surface area contributed by atoms with Crippen LogP contribution in [0.25, 0.3) is 0 Å². The summed E-state index contributed by atoms with van der Waals surface area (Å²) in [6, 6.07) is 1.51. The van der Waals surface area contributed by atoms with Gasteiger partial charge in [0.1, 0.15) is 5.82 Å². The van der Waals surface area contributed by atoms with Gasteiger partial charge in [0.2, 0.25) is 0 Å². The van der Waals surface area contributed by atoms with Crippen LogP contribution in [0.15, 0.2) is 12.3 Å². The Kier molecular flexibility index (Phi) is 3.98. The number of rotatable bonds is 3. The van der Waals surface area contributed by atoms with Gasteiger partial charge < -0.3 is 10.4 Å². The molecule has 1 heterocycles. The predicted molar refractivity (Wildman–Crippen MR) is 68.7 cm³/mol. The van der Waals surface area contributed by atoms with E-state index in [1.165, 1.54) is 12.3 Å². The molecule has 0 fully saturated rings. The Morgan fingerprint density at radius 3 is 2.59 bits per heavy atom. The quantitative estimate of drug-likeness (QED) is 0.871. The first-order chi connectivity index (χ1) is 7.73. The van der Waals surface area contributed by atoms with Crippen LogP contribution in [0.2, 0.25) is 5.02 Å². The molecule has 0 amide bonds. The topological polar surface area (TPSA) is 62.2 Å². The first-order valence-electron chi connectivity index (χ1n) is 5.38. The molecule has 1 unspecified atom stereocenters. The summed E-state index contributed by atoms with van der Waals surface area (Å²) in [7, 11) is 0. The summed E-state index contributed by atoms with van der Waals surface area (Å²) in [5.74, 6) is -0.641. The zero-order valence-electron chi connectivity index (χ0n) is 10.4. The van der Waals surface area contributed by atoms with Crippen LogP contribution >= 0.6 is 11.6 Å². The molecule has 0 spiro atoms. The Labute approximate surface area is 106 Å². The number of aromatic carboxylic acids is 1. The lowest BCUT2D eigenvalue weighted by molar-refractivity contribution is 0.0697. The maximum absolute atomic E-state index is 10.9. The van der Waals surface area contributed by atoms with Crippen molar-refractivity contribution in [3.8, 4) is 0 Å². The number of hydrogen-bond donors (Lipinski definition) is 2. The van der Waals surface area contributed by atoms with Crippen molar-refractivity contribution in [3.05, 3.63) is 22.8 Å². The van der Waals surface area contributed by atoms with Crippen LogP contribution in [0.3, 0.4) is 0 Å². The van der Waals surface area contributed by atoms with Crippen molar-refractivity contribution in [3.63, 3.8) is 0 Å². The number of anilines is 1. The third-order valence-electron chi connectivity index (χ3n) is 2.77. The van der Waals surface area contributed by atoms with E-state index in [4.69, 9.17) is 16.7 Å². The lowest BCUT2D eigenvalue weighted by Crippen LogP contribution is -2.31. The Balaban J connectivity index is 3.01. The van der Waals surface area contributed by atoms with E-state index in [1.54, 1.807) is 0 Å². The van der Waals surface area contributed by atoms with Crippen molar-refractivity contribution in [1.29, 1.82) is 0 Å². The largest absolute Gasteiger partial charge is 0.478 e. The fourth-order valence-corrected chi connectivity index (χ4v) is 1.38. The first-order valence-corrected chi connectivity index (χ1v) is 5.75. The number of nitrogens with one attached hydrogen (secondary N) is 1. The SMILES string of the molecule is CC(Nc1nccc(C(=O)O)c1Cl)C(C)(C)C. The van der Waals surface area contributed by atoms with E-state index in [-0.39, 0.29) is 22.0 Å². The summed E-state index contributed by atoms with van der Waals surface area (Å²) in [5, 5.41) is 12.2. The summed E-state index contributed by atoms with van der Waals surface area (Å²) in [6.07, 6.45) is 1.44. The highest BCUT2D eigenvalue weighted by Crippen LogP contribution is 2.28. The number of nitrogens with zero attached hydrogens (tertiary/aromatic N) is 1. The van der Waals surface area contributed by atoms with Crippen molar-refractivity contribution < 1.29 is 9.90 Å². The molecule has 5 heteroatoms. The molecular weight excluding hydrogens is 240 g/mol. The molecule has 17 heavy (non-hydrogen) atoms. The lowest BCUT2D eigenvalue weighted by Gasteiger charge is -2.28. The van der Waals surface area contributed by atoms with Crippen molar-refractivity contribution >= 4 is 23.4 Å². The van der Waals surface area contributed by atoms with E-state index in [1.807, 2.05) is 6.92 Å². The summed E-state index contributed by atoms with van der Waals surface area (Å²) in [6.45, 7) is 8.25. The molecular formula is C12H17ClN2O2. The molecule has 0 saturated heterocycles. The van der Waals surface area contributed by atoms with Gasteiger partial charge in [0.15, 0.2) is 0 Å². The number of pyridine rings is 1. The molecule has 0 bridgehead atoms. The number of carboxylic acids is 1. The Morgan fingerprint density at radius 1 is 1.53 bits per heavy atom. The van der Waals surface area contributed by atoms with Gasteiger partial charge in [-0.2, -0.15) is 0 Å². The number of carboxylic acid groups (broad SMARTS) is 1. The van der Waals surface area contributed by atoms with Crippen LogP contribution in [0, 0.1) is 5.41 Å². The van der Waals surface area contributed by atoms with Crippen LogP contribution < -0.4 is 5.32 Å². The van der Waals surface area contributed by atoms with Gasteiger partial charge in [0.05, 0.1) is 10.6 Å². The summed E-state index contributed by atoms with van der Waals surface area (Å²) in [4.78, 5) is 15.0. The summed E-state index contributed by atoms with van der Waals surface area (Å²) >= 11 is 5.99. The molecule has 1 rings (SSSR count). The van der Waals surface area contributed by atoms with Crippen molar-refractivity contribution in [1.82, 2.24) is 4.98 Å². The predicted octanol–water partition coefficient (Wildman–Crippen LogP) is 3.28. The van der Waals surface area contributed by atoms with Crippen LogP contribution in [0.4, 0.5) is 5.82 Å². The number of hydrogen-bond acceptors (Lipinski definition) is 3. The fraction of sp³-hybridized carbons (Fsp3) is 0.500. The van der Waals surface area contributed by atoms with E-state index in [0.717, 1.165) is 0 Å². The lowest BCUT2D eigenvalue weighted by atomic mass is 9.88. The van der Waals surface area contributed by atoms with Gasteiger partial charge >= 0.3 is 5.97 Å². The van der Waals surface area contributed by atoms with Gasteiger partial charge in [0.25, 0.3) is 0 Å². The highest BCUT2D eigenvalue weighted by Gasteiger charge is 2.22. The average molecular weight is 257 g/mol. The molecule has 1 atom stereocenters. The Bertz CT molecular complexity index is 427. The first kappa shape index (κ1) is 13.8. The van der Waals surface area contributed by atoms with E-state index in [2.05, 4.69) is 31.1 Å². The second-order valence-corrected chi connectivity index (χ2v) is 5.44. The number of halogens is 1. The normalized spacial score (nSPS) is 13.2. The molecule has 0 saturated carbocycles. The molecule has 0 radical (unpaired) electrons. The third-order valence-corrected chi connectivity index (χ3v) is 3.15. The Hall–Kier alpha value is -1.29. The third kappa shape index (κ3) is 3.33. The van der Waals surface area contributed by atoms with E-state index in [9.17, 15) is 4.79 Å². The molecule has 0 aromatic carbocycles. The molecule has 0 aliphatic heterocycles. The zero-order valence-corrected chi connectivity index (χ0v) is 11.2. The van der Waals surface area contributed by atoms with Gasteiger partial charge in [-0.05, 0) is 18.4 Å². The van der Waals surface area contributed by atoms with Gasteiger partial charge in [-0.25, -0.2) is 9.78 Å². The number of aromatic nitrogens is 1. The minimum absolute atomic E-state index is 0.0320. The maximum Gasteiger partial charge on any atom is 0.337 e. The minimum Gasteiger partial charge on any atom is -0.478 e. The van der Waals surface area contributed by atoms with Gasteiger partial charge in [0, 0.05) is 12.2 Å². The van der Waals surface area contributed by atoms with Crippen LogP contribution in [0.5, 0.6) is 0 Å². The highest BCUT2D eigenvalue weighted by molar-refractivity contribution is 6.35. The highest BCUT2D eigenvalue weighted by atomic mass is 35.5. The fourth-order valence-electron chi connectivity index (χ4n) is 1.13. The molecule has 0 aliphatic carbocycles. The van der Waals surface area contributed by atoms with E-state index < -0.39 is 5.97 Å². The van der Waals surface area contributed by atoms with Crippen molar-refractivity contribution in [2.45, 2.75) is 33.7 Å². The molecule has 4 nitrogen and oxygen atoms in total. The second kappa shape index (κ2) is 4.92. The maximum atomic E-state index is 10.9. The summed E-state index contributed by atoms with van der Waals surface area (Å²) < 4.78 is 0. The number of carbonyl (C=O) groups is 1. The minimum atomic E-state index is -1.05. The van der Waals surface area contributed by atoms with E-state index in [0.29, 0.717) is 5.82 Å².